The highest BCUT2D eigenvalue weighted by molar-refractivity contribution is 7.89. The number of furan rings is 1. The van der Waals surface area contributed by atoms with E-state index >= 15 is 0 Å². The largest absolute Gasteiger partial charge is 0.468 e. The van der Waals surface area contributed by atoms with Gasteiger partial charge in [0.15, 0.2) is 0 Å². The van der Waals surface area contributed by atoms with Crippen molar-refractivity contribution in [3.05, 3.63) is 24.2 Å². The highest BCUT2D eigenvalue weighted by atomic mass is 32.2. The molecule has 1 aliphatic rings. The first-order valence-corrected chi connectivity index (χ1v) is 10.5. The van der Waals surface area contributed by atoms with Crippen LogP contribution in [0.15, 0.2) is 22.8 Å². The molecule has 8 heteroatoms. The van der Waals surface area contributed by atoms with Gasteiger partial charge in [0, 0.05) is 13.7 Å². The fourth-order valence-corrected chi connectivity index (χ4v) is 3.82. The standard InChI is InChI=1S/C17H30N2O5S/c1-15-5-7-19(8-6-15)16(17-4-3-9-24-17)14-18-25(20,21)13-12-23-11-10-22-2/h3-4,9,15-16,18H,5-8,10-14H2,1-2H3. The minimum atomic E-state index is -3.39. The molecule has 0 spiro atoms. The second kappa shape index (κ2) is 10.3. The Balaban J connectivity index is 1.86. The van der Waals surface area contributed by atoms with Crippen molar-refractivity contribution in [3.63, 3.8) is 0 Å². The van der Waals surface area contributed by atoms with Gasteiger partial charge in [-0.05, 0) is 44.0 Å². The summed E-state index contributed by atoms with van der Waals surface area (Å²) in [7, 11) is -1.81. The lowest BCUT2D eigenvalue weighted by Gasteiger charge is -2.35. The number of nitrogens with one attached hydrogen (secondary N) is 1. The summed E-state index contributed by atoms with van der Waals surface area (Å²) in [4.78, 5) is 2.30. The summed E-state index contributed by atoms with van der Waals surface area (Å²) >= 11 is 0. The Morgan fingerprint density at radius 3 is 2.72 bits per heavy atom. The quantitative estimate of drug-likeness (QED) is 0.593. The van der Waals surface area contributed by atoms with Crippen molar-refractivity contribution in [1.29, 1.82) is 0 Å². The maximum Gasteiger partial charge on any atom is 0.213 e. The molecule has 1 atom stereocenters. The number of methoxy groups -OCH3 is 1. The Labute approximate surface area is 150 Å². The second-order valence-electron chi connectivity index (χ2n) is 6.52. The summed E-state index contributed by atoms with van der Waals surface area (Å²) < 4.78 is 42.8. The van der Waals surface area contributed by atoms with Crippen LogP contribution in [0.4, 0.5) is 0 Å². The lowest BCUT2D eigenvalue weighted by atomic mass is 9.97. The number of sulfonamides is 1. The minimum absolute atomic E-state index is 0.0569. The predicted octanol–water partition coefficient (Wildman–Crippen LogP) is 1.64. The molecule has 1 aromatic heterocycles. The molecule has 2 heterocycles. The van der Waals surface area contributed by atoms with E-state index in [4.69, 9.17) is 13.9 Å². The van der Waals surface area contributed by atoms with Gasteiger partial charge in [0.25, 0.3) is 0 Å². The van der Waals surface area contributed by atoms with Crippen molar-refractivity contribution in [3.8, 4) is 0 Å². The third kappa shape index (κ3) is 7.07. The first-order valence-electron chi connectivity index (χ1n) is 8.83. The zero-order valence-corrected chi connectivity index (χ0v) is 16.0. The van der Waals surface area contributed by atoms with Gasteiger partial charge in [-0.3, -0.25) is 4.90 Å². The highest BCUT2D eigenvalue weighted by Gasteiger charge is 2.27. The zero-order chi connectivity index (χ0) is 18.1. The Morgan fingerprint density at radius 2 is 2.08 bits per heavy atom. The topological polar surface area (TPSA) is 81.0 Å². The van der Waals surface area contributed by atoms with Crippen molar-refractivity contribution in [2.24, 2.45) is 5.92 Å². The van der Waals surface area contributed by atoms with E-state index in [0.29, 0.717) is 19.8 Å². The van der Waals surface area contributed by atoms with E-state index in [1.165, 1.54) is 0 Å². The van der Waals surface area contributed by atoms with E-state index in [-0.39, 0.29) is 18.4 Å². The van der Waals surface area contributed by atoms with Gasteiger partial charge in [-0.25, -0.2) is 13.1 Å². The molecular formula is C17H30N2O5S. The molecule has 1 unspecified atom stereocenters. The molecule has 1 saturated heterocycles. The van der Waals surface area contributed by atoms with Crippen molar-refractivity contribution >= 4 is 10.0 Å². The zero-order valence-electron chi connectivity index (χ0n) is 15.1. The first-order chi connectivity index (χ1) is 12.0. The molecule has 7 nitrogen and oxygen atoms in total. The molecule has 0 aromatic carbocycles. The minimum Gasteiger partial charge on any atom is -0.468 e. The summed E-state index contributed by atoms with van der Waals surface area (Å²) in [6.07, 6.45) is 3.88. The Morgan fingerprint density at radius 1 is 1.32 bits per heavy atom. The average molecular weight is 375 g/mol. The van der Waals surface area contributed by atoms with E-state index in [0.717, 1.165) is 37.6 Å². The smallest absolute Gasteiger partial charge is 0.213 e. The van der Waals surface area contributed by atoms with Crippen LogP contribution in [0.5, 0.6) is 0 Å². The molecule has 25 heavy (non-hydrogen) atoms. The summed E-state index contributed by atoms with van der Waals surface area (Å²) in [5.74, 6) is 1.46. The molecule has 1 aliphatic heterocycles. The van der Waals surface area contributed by atoms with Gasteiger partial charge >= 0.3 is 0 Å². The molecule has 2 rings (SSSR count). The van der Waals surface area contributed by atoms with Gasteiger partial charge in [0.2, 0.25) is 10.0 Å². The molecule has 0 amide bonds. The highest BCUT2D eigenvalue weighted by Crippen LogP contribution is 2.26. The lowest BCUT2D eigenvalue weighted by molar-refractivity contribution is 0.0784. The third-order valence-corrected chi connectivity index (χ3v) is 5.87. The normalized spacial score (nSPS) is 18.5. The molecule has 1 aromatic rings. The van der Waals surface area contributed by atoms with Gasteiger partial charge in [-0.1, -0.05) is 6.92 Å². The fraction of sp³-hybridized carbons (Fsp3) is 0.765. The number of piperidine rings is 1. The van der Waals surface area contributed by atoms with Crippen LogP contribution in [0, 0.1) is 5.92 Å². The van der Waals surface area contributed by atoms with Crippen LogP contribution in [-0.4, -0.2) is 65.6 Å². The van der Waals surface area contributed by atoms with Gasteiger partial charge < -0.3 is 13.9 Å². The maximum atomic E-state index is 12.2. The molecule has 0 saturated carbocycles. The van der Waals surface area contributed by atoms with Crippen LogP contribution in [0.1, 0.15) is 31.6 Å². The van der Waals surface area contributed by atoms with Crippen LogP contribution >= 0.6 is 0 Å². The molecular weight excluding hydrogens is 344 g/mol. The molecule has 1 N–H and O–H groups in total. The number of nitrogens with zero attached hydrogens (tertiary/aromatic N) is 1. The van der Waals surface area contributed by atoms with Crippen LogP contribution < -0.4 is 4.72 Å². The van der Waals surface area contributed by atoms with Gasteiger partial charge in [0.05, 0.1) is 37.9 Å². The molecule has 144 valence electrons. The lowest BCUT2D eigenvalue weighted by Crippen LogP contribution is -2.42. The number of hydrogen-bond donors (Lipinski definition) is 1. The average Bonchev–Trinajstić information content (AvgIpc) is 3.10. The van der Waals surface area contributed by atoms with Crippen molar-refractivity contribution in [1.82, 2.24) is 9.62 Å². The van der Waals surface area contributed by atoms with Crippen LogP contribution in [0.25, 0.3) is 0 Å². The van der Waals surface area contributed by atoms with E-state index in [1.54, 1.807) is 13.4 Å². The first kappa shape index (κ1) is 20.4. The number of ether oxygens (including phenoxy) is 2. The van der Waals surface area contributed by atoms with Crippen molar-refractivity contribution in [2.75, 3.05) is 52.3 Å². The van der Waals surface area contributed by atoms with E-state index in [9.17, 15) is 8.42 Å². The van der Waals surface area contributed by atoms with Gasteiger partial charge in [-0.15, -0.1) is 0 Å². The van der Waals surface area contributed by atoms with E-state index in [1.807, 2.05) is 12.1 Å². The summed E-state index contributed by atoms with van der Waals surface area (Å²) in [6.45, 7) is 5.48. The number of likely N-dealkylation sites (tertiary alicyclic amines) is 1. The maximum absolute atomic E-state index is 12.2. The van der Waals surface area contributed by atoms with E-state index < -0.39 is 10.0 Å². The predicted molar refractivity (Wildman–Crippen MR) is 95.9 cm³/mol. The Kier molecular flexibility index (Phi) is 8.38. The monoisotopic (exact) mass is 374 g/mol. The molecule has 1 fully saturated rings. The van der Waals surface area contributed by atoms with Gasteiger partial charge in [-0.2, -0.15) is 0 Å². The Hall–Kier alpha value is -0.930. The van der Waals surface area contributed by atoms with Crippen molar-refractivity contribution < 1.29 is 22.3 Å². The second-order valence-corrected chi connectivity index (χ2v) is 8.45. The fourth-order valence-electron chi connectivity index (χ4n) is 2.92. The number of hydrogen-bond acceptors (Lipinski definition) is 6. The summed E-state index contributed by atoms with van der Waals surface area (Å²) in [5.41, 5.74) is 0. The molecule has 0 radical (unpaired) electrons. The molecule has 0 bridgehead atoms. The van der Waals surface area contributed by atoms with E-state index in [2.05, 4.69) is 16.5 Å². The Bertz CT molecular complexity index is 568. The summed E-state index contributed by atoms with van der Waals surface area (Å²) in [5, 5.41) is 0. The molecule has 0 aliphatic carbocycles. The van der Waals surface area contributed by atoms with Crippen LogP contribution in [0.3, 0.4) is 0 Å². The van der Waals surface area contributed by atoms with Crippen molar-refractivity contribution in [2.45, 2.75) is 25.8 Å². The van der Waals surface area contributed by atoms with Crippen LogP contribution in [-0.2, 0) is 19.5 Å². The number of rotatable bonds is 11. The van der Waals surface area contributed by atoms with Crippen LogP contribution in [0.2, 0.25) is 0 Å². The third-order valence-electron chi connectivity index (χ3n) is 4.56. The van der Waals surface area contributed by atoms with Gasteiger partial charge in [0.1, 0.15) is 5.76 Å². The summed E-state index contributed by atoms with van der Waals surface area (Å²) in [6, 6.07) is 3.67. The SMILES string of the molecule is COCCOCCS(=O)(=O)NCC(c1ccco1)N1CCC(C)CC1.